The molecule has 1 unspecified atom stereocenters. The topological polar surface area (TPSA) is 37.4 Å². The van der Waals surface area contributed by atoms with Gasteiger partial charge in [0.05, 0.1) is 0 Å². The Bertz CT molecular complexity index is 955. The second-order valence-corrected chi connectivity index (χ2v) is 10.0. The number of carbonyl (C=O) groups excluding carboxylic acids is 2. The quantitative estimate of drug-likeness (QED) is 0.531. The van der Waals surface area contributed by atoms with Crippen molar-refractivity contribution in [1.82, 2.24) is 4.90 Å². The van der Waals surface area contributed by atoms with Gasteiger partial charge >= 0.3 is 0 Å². The standard InChI is InChI=1S/C28H35NO2/c1-20-7-8-21(2)25(18-20)23-9-11-24(12-10-23)26(30)19-22-6-4-16-29(17-13-22)27(31)28(3)14-5-15-28/h7-12,18,22H,4-6,13-17,19H2,1-3H3. The van der Waals surface area contributed by atoms with Crippen LogP contribution in [0.4, 0.5) is 0 Å². The maximum atomic E-state index is 12.9. The molecule has 2 aromatic rings. The van der Waals surface area contributed by atoms with Crippen molar-refractivity contribution in [3.05, 3.63) is 59.2 Å². The van der Waals surface area contributed by atoms with Gasteiger partial charge in [0.15, 0.2) is 5.78 Å². The molecule has 164 valence electrons. The zero-order chi connectivity index (χ0) is 22.0. The first-order valence-electron chi connectivity index (χ1n) is 11.9. The van der Waals surface area contributed by atoms with Crippen LogP contribution in [0.1, 0.15) is 73.4 Å². The monoisotopic (exact) mass is 417 g/mol. The van der Waals surface area contributed by atoms with E-state index in [4.69, 9.17) is 0 Å². The highest BCUT2D eigenvalue weighted by atomic mass is 16.2. The van der Waals surface area contributed by atoms with Crippen LogP contribution in [-0.4, -0.2) is 29.7 Å². The maximum absolute atomic E-state index is 12.9. The minimum atomic E-state index is -0.118. The first-order chi connectivity index (χ1) is 14.9. The first kappa shape index (κ1) is 21.8. The zero-order valence-corrected chi connectivity index (χ0v) is 19.2. The third-order valence-electron chi connectivity index (χ3n) is 7.49. The minimum absolute atomic E-state index is 0.118. The Morgan fingerprint density at radius 1 is 0.968 bits per heavy atom. The molecule has 1 heterocycles. The van der Waals surface area contributed by atoms with Crippen LogP contribution in [0.15, 0.2) is 42.5 Å². The van der Waals surface area contributed by atoms with E-state index in [9.17, 15) is 9.59 Å². The van der Waals surface area contributed by atoms with E-state index in [1.165, 1.54) is 23.1 Å². The highest BCUT2D eigenvalue weighted by Gasteiger charge is 2.42. The molecule has 3 nitrogen and oxygen atoms in total. The van der Waals surface area contributed by atoms with Gasteiger partial charge in [0.1, 0.15) is 0 Å². The van der Waals surface area contributed by atoms with E-state index in [0.717, 1.165) is 56.3 Å². The van der Waals surface area contributed by atoms with Crippen LogP contribution in [0.2, 0.25) is 0 Å². The lowest BCUT2D eigenvalue weighted by Crippen LogP contribution is -2.46. The third-order valence-corrected chi connectivity index (χ3v) is 7.49. The molecule has 0 N–H and O–H groups in total. The fourth-order valence-corrected chi connectivity index (χ4v) is 5.14. The molecule has 1 aliphatic carbocycles. The summed E-state index contributed by atoms with van der Waals surface area (Å²) in [6.45, 7) is 8.00. The normalized spacial score (nSPS) is 20.6. The number of carbonyl (C=O) groups is 2. The van der Waals surface area contributed by atoms with Gasteiger partial charge in [0.25, 0.3) is 0 Å². The van der Waals surface area contributed by atoms with Crippen LogP contribution < -0.4 is 0 Å². The summed E-state index contributed by atoms with van der Waals surface area (Å²) in [6.07, 6.45) is 6.80. The molecule has 3 heteroatoms. The summed E-state index contributed by atoms with van der Waals surface area (Å²) >= 11 is 0. The van der Waals surface area contributed by atoms with Crippen molar-refractivity contribution in [2.24, 2.45) is 11.3 Å². The highest BCUT2D eigenvalue weighted by Crippen LogP contribution is 2.42. The molecule has 31 heavy (non-hydrogen) atoms. The number of hydrogen-bond acceptors (Lipinski definition) is 2. The molecule has 4 rings (SSSR count). The Balaban J connectivity index is 1.36. The molecule has 1 saturated carbocycles. The molecule has 0 bridgehead atoms. The molecule has 2 fully saturated rings. The van der Waals surface area contributed by atoms with Gasteiger partial charge < -0.3 is 4.90 Å². The summed E-state index contributed by atoms with van der Waals surface area (Å²) in [6, 6.07) is 14.6. The van der Waals surface area contributed by atoms with E-state index < -0.39 is 0 Å². The van der Waals surface area contributed by atoms with Crippen LogP contribution >= 0.6 is 0 Å². The van der Waals surface area contributed by atoms with Gasteiger partial charge in [-0.2, -0.15) is 0 Å². The molecule has 1 saturated heterocycles. The van der Waals surface area contributed by atoms with E-state index in [-0.39, 0.29) is 11.2 Å². The van der Waals surface area contributed by atoms with Gasteiger partial charge in [-0.3, -0.25) is 9.59 Å². The second-order valence-electron chi connectivity index (χ2n) is 10.0. The fourth-order valence-electron chi connectivity index (χ4n) is 5.14. The van der Waals surface area contributed by atoms with E-state index in [1.54, 1.807) is 0 Å². The number of amides is 1. The van der Waals surface area contributed by atoms with Crippen LogP contribution in [-0.2, 0) is 4.79 Å². The average molecular weight is 418 g/mol. The van der Waals surface area contributed by atoms with Gasteiger partial charge in [0, 0.05) is 30.5 Å². The van der Waals surface area contributed by atoms with Crippen molar-refractivity contribution >= 4 is 11.7 Å². The highest BCUT2D eigenvalue weighted by molar-refractivity contribution is 5.96. The van der Waals surface area contributed by atoms with Crippen molar-refractivity contribution in [1.29, 1.82) is 0 Å². The number of hydrogen-bond donors (Lipinski definition) is 0. The Morgan fingerprint density at radius 2 is 1.71 bits per heavy atom. The van der Waals surface area contributed by atoms with Gasteiger partial charge in [-0.15, -0.1) is 0 Å². The molecule has 1 aliphatic heterocycles. The van der Waals surface area contributed by atoms with E-state index >= 15 is 0 Å². The first-order valence-corrected chi connectivity index (χ1v) is 11.9. The van der Waals surface area contributed by atoms with Crippen LogP contribution in [0, 0.1) is 25.2 Å². The van der Waals surface area contributed by atoms with Crippen LogP contribution in [0.25, 0.3) is 11.1 Å². The SMILES string of the molecule is Cc1ccc(C)c(-c2ccc(C(=O)CC3CCCN(C(=O)C4(C)CCC4)CC3)cc2)c1. The maximum Gasteiger partial charge on any atom is 0.228 e. The predicted octanol–water partition coefficient (Wildman–Crippen LogP) is 6.36. The van der Waals surface area contributed by atoms with Gasteiger partial charge in [-0.1, -0.05) is 61.4 Å². The van der Waals surface area contributed by atoms with E-state index in [2.05, 4.69) is 56.0 Å². The third kappa shape index (κ3) is 4.76. The molecular formula is C28H35NO2. The van der Waals surface area contributed by atoms with Crippen LogP contribution in [0.5, 0.6) is 0 Å². The lowest BCUT2D eigenvalue weighted by atomic mass is 9.69. The smallest absolute Gasteiger partial charge is 0.228 e. The van der Waals surface area contributed by atoms with Crippen molar-refractivity contribution in [3.8, 4) is 11.1 Å². The molecule has 1 atom stereocenters. The Kier molecular flexibility index (Phi) is 6.31. The molecule has 0 radical (unpaired) electrons. The lowest BCUT2D eigenvalue weighted by molar-refractivity contribution is -0.146. The summed E-state index contributed by atoms with van der Waals surface area (Å²) in [5, 5.41) is 0. The molecule has 0 aromatic heterocycles. The predicted molar refractivity (Wildman–Crippen MR) is 126 cm³/mol. The summed E-state index contributed by atoms with van der Waals surface area (Å²) in [4.78, 5) is 27.9. The minimum Gasteiger partial charge on any atom is -0.342 e. The second kappa shape index (κ2) is 8.98. The number of benzene rings is 2. The van der Waals surface area contributed by atoms with E-state index in [1.807, 2.05) is 12.1 Å². The Labute approximate surface area is 186 Å². The summed E-state index contributed by atoms with van der Waals surface area (Å²) in [5.41, 5.74) is 5.56. The lowest BCUT2D eigenvalue weighted by Gasteiger charge is -2.40. The molecule has 0 spiro atoms. The van der Waals surface area contributed by atoms with E-state index in [0.29, 0.717) is 18.2 Å². The van der Waals surface area contributed by atoms with Crippen molar-refractivity contribution in [3.63, 3.8) is 0 Å². The van der Waals surface area contributed by atoms with Crippen molar-refractivity contribution in [2.75, 3.05) is 13.1 Å². The van der Waals surface area contributed by atoms with Crippen molar-refractivity contribution < 1.29 is 9.59 Å². The van der Waals surface area contributed by atoms with Gasteiger partial charge in [-0.05, 0) is 68.6 Å². The number of aryl methyl sites for hydroxylation is 2. The molecular weight excluding hydrogens is 382 g/mol. The van der Waals surface area contributed by atoms with Gasteiger partial charge in [0.2, 0.25) is 5.91 Å². The number of ketones is 1. The fraction of sp³-hybridized carbons (Fsp3) is 0.500. The van der Waals surface area contributed by atoms with Crippen molar-refractivity contribution in [2.45, 2.75) is 65.7 Å². The largest absolute Gasteiger partial charge is 0.342 e. The Hall–Kier alpha value is -2.42. The average Bonchev–Trinajstić information content (AvgIpc) is 2.99. The van der Waals surface area contributed by atoms with Crippen LogP contribution in [0.3, 0.4) is 0 Å². The molecule has 2 aliphatic rings. The Morgan fingerprint density at radius 3 is 2.39 bits per heavy atom. The summed E-state index contributed by atoms with van der Waals surface area (Å²) in [5.74, 6) is 0.939. The molecule has 2 aromatic carbocycles. The number of nitrogens with zero attached hydrogens (tertiary/aromatic N) is 1. The van der Waals surface area contributed by atoms with Gasteiger partial charge in [-0.25, -0.2) is 0 Å². The summed E-state index contributed by atoms with van der Waals surface area (Å²) < 4.78 is 0. The summed E-state index contributed by atoms with van der Waals surface area (Å²) in [7, 11) is 0. The number of likely N-dealkylation sites (tertiary alicyclic amines) is 1. The zero-order valence-electron chi connectivity index (χ0n) is 19.2. The number of Topliss-reactive ketones (excluding diaryl/α,β-unsaturated/α-hetero) is 1. The molecule has 1 amide bonds. The number of rotatable bonds is 5.